The summed E-state index contributed by atoms with van der Waals surface area (Å²) in [7, 11) is -1.59. The van der Waals surface area contributed by atoms with Gasteiger partial charge in [-0.05, 0) is 60.2 Å². The minimum Gasteiger partial charge on any atom is -0.415 e. The lowest BCUT2D eigenvalue weighted by Crippen LogP contribution is -2.48. The van der Waals surface area contributed by atoms with E-state index in [-0.39, 0.29) is 0 Å². The third-order valence-corrected chi connectivity index (χ3v) is 11.1. The van der Waals surface area contributed by atoms with E-state index in [2.05, 4.69) is 61.4 Å². The molecule has 2 aliphatic rings. The molecule has 118 valence electrons. The fraction of sp³-hybridized carbons (Fsp3) is 1.00. The van der Waals surface area contributed by atoms with Gasteiger partial charge in [0.05, 0.1) is 0 Å². The van der Waals surface area contributed by atoms with Crippen LogP contribution in [0.5, 0.6) is 0 Å². The van der Waals surface area contributed by atoms with Gasteiger partial charge in [0, 0.05) is 19.2 Å². The number of hydrogen-bond acceptors (Lipinski definition) is 2. The smallest absolute Gasteiger partial charge is 0.192 e. The second-order valence-corrected chi connectivity index (χ2v) is 14.1. The molecule has 0 aromatic rings. The van der Waals surface area contributed by atoms with Crippen molar-refractivity contribution in [3.05, 3.63) is 0 Å². The first kappa shape index (κ1) is 17.2. The summed E-state index contributed by atoms with van der Waals surface area (Å²) in [6.45, 7) is 15.4. The highest BCUT2D eigenvalue weighted by Gasteiger charge is 2.42. The van der Waals surface area contributed by atoms with Gasteiger partial charge in [0.15, 0.2) is 8.32 Å². The Hall–Kier alpha value is 0.867. The van der Waals surface area contributed by atoms with Crippen LogP contribution >= 0.6 is 22.6 Å². The van der Waals surface area contributed by atoms with Gasteiger partial charge in [0.2, 0.25) is 0 Å². The summed E-state index contributed by atoms with van der Waals surface area (Å²) < 4.78 is 7.82. The molecule has 2 aliphatic heterocycles. The summed E-state index contributed by atoms with van der Waals surface area (Å²) in [6.07, 6.45) is 4.22. The molecule has 4 heteroatoms. The standard InChI is InChI=1S/C16H32INOSi/c1-16(2,3)20(4,5)19-12-15-10-13(6-8-17)14-7-9-18(15)11-14/h13-15H,6-12H2,1-5H3/t13-,14-,15+/m0/s1. The molecule has 0 aromatic heterocycles. The number of hydrogen-bond donors (Lipinski definition) is 0. The molecule has 2 fully saturated rings. The normalized spacial score (nSPS) is 34.5. The maximum absolute atomic E-state index is 6.51. The maximum Gasteiger partial charge on any atom is 0.192 e. The molecule has 4 atom stereocenters. The van der Waals surface area contributed by atoms with Crippen molar-refractivity contribution in [1.29, 1.82) is 0 Å². The number of rotatable bonds is 5. The Morgan fingerprint density at radius 2 is 2.00 bits per heavy atom. The average molecular weight is 409 g/mol. The van der Waals surface area contributed by atoms with Crippen LogP contribution in [-0.2, 0) is 4.43 Å². The van der Waals surface area contributed by atoms with Crippen molar-refractivity contribution in [3.8, 4) is 0 Å². The van der Waals surface area contributed by atoms with Gasteiger partial charge >= 0.3 is 0 Å². The second-order valence-electron chi connectivity index (χ2n) is 8.24. The van der Waals surface area contributed by atoms with Gasteiger partial charge in [-0.25, -0.2) is 0 Å². The molecule has 1 unspecified atom stereocenters. The third kappa shape index (κ3) is 3.79. The van der Waals surface area contributed by atoms with E-state index >= 15 is 0 Å². The van der Waals surface area contributed by atoms with Gasteiger partial charge in [-0.3, -0.25) is 4.90 Å². The summed E-state index contributed by atoms with van der Waals surface area (Å²) in [5.74, 6) is 1.94. The van der Waals surface area contributed by atoms with E-state index < -0.39 is 8.32 Å². The minimum atomic E-state index is -1.59. The second kappa shape index (κ2) is 6.55. The van der Waals surface area contributed by atoms with Crippen molar-refractivity contribution in [2.75, 3.05) is 24.1 Å². The Kier molecular flexibility index (Phi) is 5.64. The predicted octanol–water partition coefficient (Wildman–Crippen LogP) is 4.54. The summed E-state index contributed by atoms with van der Waals surface area (Å²) in [6, 6.07) is 0.691. The SMILES string of the molecule is CC(C)(C)[Si](C)(C)OC[C@H]1C[C@H](CCI)[C@H]2CCN1C2. The fourth-order valence-electron chi connectivity index (χ4n) is 3.41. The van der Waals surface area contributed by atoms with Crippen LogP contribution < -0.4 is 0 Å². The molecule has 20 heavy (non-hydrogen) atoms. The minimum absolute atomic E-state index is 0.330. The summed E-state index contributed by atoms with van der Waals surface area (Å²) in [5.41, 5.74) is 0. The maximum atomic E-state index is 6.51. The van der Waals surface area contributed by atoms with Gasteiger partial charge in [-0.15, -0.1) is 0 Å². The molecule has 0 amide bonds. The van der Waals surface area contributed by atoms with Crippen LogP contribution in [-0.4, -0.2) is 43.4 Å². The Morgan fingerprint density at radius 3 is 2.60 bits per heavy atom. The molecular formula is C16H32INOSi. The number of fused-ring (bicyclic) bond motifs is 2. The van der Waals surface area contributed by atoms with Crippen LogP contribution in [0.1, 0.15) is 40.0 Å². The Labute approximate surface area is 140 Å². The molecule has 2 nitrogen and oxygen atoms in total. The van der Waals surface area contributed by atoms with E-state index in [0.29, 0.717) is 11.1 Å². The Balaban J connectivity index is 1.92. The number of nitrogens with zero attached hydrogens (tertiary/aromatic N) is 1. The van der Waals surface area contributed by atoms with E-state index in [4.69, 9.17) is 4.43 Å². The topological polar surface area (TPSA) is 12.5 Å². The molecule has 2 rings (SSSR count). The van der Waals surface area contributed by atoms with Crippen LogP contribution in [0.15, 0.2) is 0 Å². The summed E-state index contributed by atoms with van der Waals surface area (Å²) in [5, 5.41) is 0.330. The first-order valence-corrected chi connectivity index (χ1v) is 12.6. The van der Waals surface area contributed by atoms with Crippen molar-refractivity contribution in [3.63, 3.8) is 0 Å². The zero-order valence-corrected chi connectivity index (χ0v) is 17.1. The largest absolute Gasteiger partial charge is 0.415 e. The summed E-state index contributed by atoms with van der Waals surface area (Å²) >= 11 is 2.54. The lowest BCUT2D eigenvalue weighted by Gasteiger charge is -2.41. The highest BCUT2D eigenvalue weighted by Crippen LogP contribution is 2.40. The first-order chi connectivity index (χ1) is 9.24. The zero-order chi connectivity index (χ0) is 15.0. The monoisotopic (exact) mass is 409 g/mol. The Morgan fingerprint density at radius 1 is 1.30 bits per heavy atom. The van der Waals surface area contributed by atoms with Gasteiger partial charge in [0.1, 0.15) is 0 Å². The summed E-state index contributed by atoms with van der Waals surface area (Å²) in [4.78, 5) is 2.71. The van der Waals surface area contributed by atoms with Gasteiger partial charge in [-0.2, -0.15) is 0 Å². The highest BCUT2D eigenvalue weighted by molar-refractivity contribution is 14.1. The molecule has 2 heterocycles. The molecule has 0 N–H and O–H groups in total. The fourth-order valence-corrected chi connectivity index (χ4v) is 5.25. The molecule has 2 saturated heterocycles. The molecule has 0 spiro atoms. The predicted molar refractivity (Wildman–Crippen MR) is 98.2 cm³/mol. The zero-order valence-electron chi connectivity index (χ0n) is 13.9. The van der Waals surface area contributed by atoms with E-state index in [9.17, 15) is 0 Å². The lowest BCUT2D eigenvalue weighted by molar-refractivity contribution is 0.0837. The van der Waals surface area contributed by atoms with Crippen molar-refractivity contribution in [1.82, 2.24) is 4.90 Å². The Bertz CT molecular complexity index is 329. The molecule has 0 aliphatic carbocycles. The van der Waals surface area contributed by atoms with Crippen LogP contribution in [0.3, 0.4) is 0 Å². The highest BCUT2D eigenvalue weighted by atomic mass is 127. The lowest BCUT2D eigenvalue weighted by atomic mass is 9.82. The quantitative estimate of drug-likeness (QED) is 0.376. The molecule has 2 bridgehead atoms. The average Bonchev–Trinajstić information content (AvgIpc) is 2.75. The van der Waals surface area contributed by atoms with Crippen molar-refractivity contribution in [2.45, 2.75) is 64.2 Å². The number of alkyl halides is 1. The van der Waals surface area contributed by atoms with Gasteiger partial charge in [-0.1, -0.05) is 43.4 Å². The van der Waals surface area contributed by atoms with Crippen molar-refractivity contribution < 1.29 is 4.43 Å². The van der Waals surface area contributed by atoms with Crippen LogP contribution in [0.4, 0.5) is 0 Å². The molecule has 0 aromatic carbocycles. The first-order valence-electron chi connectivity index (χ1n) is 8.18. The van der Waals surface area contributed by atoms with Crippen LogP contribution in [0.25, 0.3) is 0 Å². The molecular weight excluding hydrogens is 377 g/mol. The van der Waals surface area contributed by atoms with Gasteiger partial charge < -0.3 is 4.43 Å². The molecule has 0 radical (unpaired) electrons. The number of halogens is 1. The van der Waals surface area contributed by atoms with E-state index in [0.717, 1.165) is 18.4 Å². The van der Waals surface area contributed by atoms with E-state index in [1.165, 1.54) is 36.8 Å². The van der Waals surface area contributed by atoms with E-state index in [1.54, 1.807) is 0 Å². The van der Waals surface area contributed by atoms with Crippen molar-refractivity contribution >= 4 is 30.9 Å². The van der Waals surface area contributed by atoms with Gasteiger partial charge in [0.25, 0.3) is 0 Å². The van der Waals surface area contributed by atoms with Crippen molar-refractivity contribution in [2.24, 2.45) is 11.8 Å². The van der Waals surface area contributed by atoms with E-state index in [1.807, 2.05) is 0 Å². The molecule has 0 saturated carbocycles. The van der Waals surface area contributed by atoms with Crippen LogP contribution in [0, 0.1) is 11.8 Å². The van der Waals surface area contributed by atoms with Crippen LogP contribution in [0.2, 0.25) is 18.1 Å². The number of piperidine rings is 1. The third-order valence-electron chi connectivity index (χ3n) is 5.94.